The number of hydrogen-bond donors (Lipinski definition) is 3. The Morgan fingerprint density at radius 1 is 0.305 bits per heavy atom. The van der Waals surface area contributed by atoms with Gasteiger partial charge in [0.15, 0.2) is 12.2 Å². The predicted molar refractivity (Wildman–Crippen MR) is 326 cm³/mol. The molecule has 82 heavy (non-hydrogen) atoms. The lowest BCUT2D eigenvalue weighted by Crippen LogP contribution is -2.30. The van der Waals surface area contributed by atoms with Gasteiger partial charge in [-0.25, -0.2) is 9.13 Å². The van der Waals surface area contributed by atoms with Crippen molar-refractivity contribution in [3.63, 3.8) is 0 Å². The molecule has 0 spiro atoms. The molecule has 0 aliphatic carbocycles. The van der Waals surface area contributed by atoms with Gasteiger partial charge in [-0.2, -0.15) is 0 Å². The van der Waals surface area contributed by atoms with Crippen LogP contribution in [0.1, 0.15) is 299 Å². The molecule has 0 fully saturated rings. The average Bonchev–Trinajstić information content (AvgIpc) is 3.42. The molecule has 0 rings (SSSR count). The third kappa shape index (κ3) is 57.2. The SMILES string of the molecule is CC(C)CCCCCCCCCCC(=O)OC[C@H](COP(=O)(O)OCC(O)COP(=O)(O)OC[C@@H](COC(=O)CCCCCCCCCC(C)C)OC(=O)CCCCCCCCCC(C)C)OC(=O)CCCCCCCCCCC(C)C. The molecule has 0 aliphatic rings. The molecule has 0 aromatic heterocycles. The summed E-state index contributed by atoms with van der Waals surface area (Å²) >= 11 is 0. The van der Waals surface area contributed by atoms with E-state index < -0.39 is 97.5 Å². The molecule has 3 N–H and O–H groups in total. The minimum atomic E-state index is -4.94. The van der Waals surface area contributed by atoms with Crippen molar-refractivity contribution in [1.82, 2.24) is 0 Å². The standard InChI is InChI=1S/C63H122O17P2/c1-53(2)39-31-23-15-9-11-19-27-35-43-60(65)73-49-58(79-62(67)45-37-29-20-12-10-16-24-32-40-54(3)4)51-77-81(69,70)75-47-57(64)48-76-82(71,72)78-52-59(80-63(68)46-38-30-22-14-18-26-34-42-56(7)8)50-74-61(66)44-36-28-21-13-17-25-33-41-55(5)6/h53-59,64H,9-52H2,1-8H3,(H,69,70)(H,71,72)/t57?,58-,59-/m1/s1. The van der Waals surface area contributed by atoms with E-state index in [1.54, 1.807) is 0 Å². The summed E-state index contributed by atoms with van der Waals surface area (Å²) in [5.41, 5.74) is 0. The van der Waals surface area contributed by atoms with Crippen LogP contribution >= 0.6 is 15.6 Å². The Balaban J connectivity index is 5.25. The molecule has 0 saturated carbocycles. The maximum absolute atomic E-state index is 13.0. The van der Waals surface area contributed by atoms with Crippen molar-refractivity contribution < 1.29 is 80.2 Å². The van der Waals surface area contributed by atoms with Crippen molar-refractivity contribution in [2.45, 2.75) is 318 Å². The summed E-state index contributed by atoms with van der Waals surface area (Å²) in [6.07, 6.45) is 32.3. The van der Waals surface area contributed by atoms with Gasteiger partial charge in [-0.3, -0.25) is 37.3 Å². The molecular formula is C63H122O17P2. The molecular weight excluding hydrogens is 1090 g/mol. The number of phosphoric ester groups is 2. The van der Waals surface area contributed by atoms with Crippen LogP contribution in [0, 0.1) is 23.7 Å². The van der Waals surface area contributed by atoms with Gasteiger partial charge in [0.05, 0.1) is 26.4 Å². The molecule has 0 aliphatic heterocycles. The topological polar surface area (TPSA) is 237 Å². The Kier molecular flexibility index (Phi) is 52.0. The fraction of sp³-hybridized carbons (Fsp3) is 0.937. The highest BCUT2D eigenvalue weighted by atomic mass is 31.2. The van der Waals surface area contributed by atoms with E-state index in [1.807, 2.05) is 0 Å². The first-order valence-electron chi connectivity index (χ1n) is 32.7. The van der Waals surface area contributed by atoms with Gasteiger partial charge in [0.2, 0.25) is 0 Å². The summed E-state index contributed by atoms with van der Waals surface area (Å²) in [6, 6.07) is 0. The van der Waals surface area contributed by atoms with Crippen LogP contribution in [-0.2, 0) is 65.4 Å². The molecule has 0 amide bonds. The highest BCUT2D eigenvalue weighted by Crippen LogP contribution is 2.45. The number of phosphoric acid groups is 2. The molecule has 486 valence electrons. The summed E-state index contributed by atoms with van der Waals surface area (Å²) in [7, 11) is -9.89. The molecule has 0 aromatic rings. The van der Waals surface area contributed by atoms with E-state index >= 15 is 0 Å². The average molecular weight is 1210 g/mol. The van der Waals surface area contributed by atoms with Gasteiger partial charge in [0, 0.05) is 25.7 Å². The third-order valence-electron chi connectivity index (χ3n) is 14.3. The summed E-state index contributed by atoms with van der Waals surface area (Å²) in [4.78, 5) is 72.1. The lowest BCUT2D eigenvalue weighted by atomic mass is 10.0. The first kappa shape index (κ1) is 80.1. The lowest BCUT2D eigenvalue weighted by molar-refractivity contribution is -0.161. The summed E-state index contributed by atoms with van der Waals surface area (Å²) in [6.45, 7) is 13.9. The minimum Gasteiger partial charge on any atom is -0.462 e. The highest BCUT2D eigenvalue weighted by Gasteiger charge is 2.30. The molecule has 19 heteroatoms. The largest absolute Gasteiger partial charge is 0.472 e. The number of hydrogen-bond acceptors (Lipinski definition) is 15. The fourth-order valence-electron chi connectivity index (χ4n) is 9.25. The van der Waals surface area contributed by atoms with Crippen molar-refractivity contribution in [1.29, 1.82) is 0 Å². The van der Waals surface area contributed by atoms with Crippen molar-refractivity contribution in [3.8, 4) is 0 Å². The second kappa shape index (κ2) is 53.3. The lowest BCUT2D eigenvalue weighted by Gasteiger charge is -2.21. The van der Waals surface area contributed by atoms with Gasteiger partial charge in [0.1, 0.15) is 19.3 Å². The van der Waals surface area contributed by atoms with Crippen LogP contribution in [0.15, 0.2) is 0 Å². The first-order valence-corrected chi connectivity index (χ1v) is 35.7. The van der Waals surface area contributed by atoms with E-state index in [4.69, 9.17) is 37.0 Å². The normalized spacial score (nSPS) is 14.5. The van der Waals surface area contributed by atoms with Gasteiger partial charge in [-0.1, -0.05) is 248 Å². The van der Waals surface area contributed by atoms with Crippen LogP contribution in [0.25, 0.3) is 0 Å². The van der Waals surface area contributed by atoms with E-state index in [0.29, 0.717) is 37.5 Å². The number of aliphatic hydroxyl groups excluding tert-OH is 1. The number of ether oxygens (including phenoxy) is 4. The predicted octanol–water partition coefficient (Wildman–Crippen LogP) is 17.0. The Morgan fingerprint density at radius 3 is 0.756 bits per heavy atom. The van der Waals surface area contributed by atoms with Crippen molar-refractivity contribution in [3.05, 3.63) is 0 Å². The summed E-state index contributed by atoms with van der Waals surface area (Å²) < 4.78 is 67.9. The van der Waals surface area contributed by atoms with Gasteiger partial charge in [0.25, 0.3) is 0 Å². The van der Waals surface area contributed by atoms with E-state index in [0.717, 1.165) is 108 Å². The molecule has 5 atom stereocenters. The van der Waals surface area contributed by atoms with Gasteiger partial charge < -0.3 is 33.8 Å². The van der Waals surface area contributed by atoms with Crippen LogP contribution in [0.5, 0.6) is 0 Å². The van der Waals surface area contributed by atoms with Gasteiger partial charge in [-0.15, -0.1) is 0 Å². The van der Waals surface area contributed by atoms with Crippen LogP contribution in [-0.4, -0.2) is 96.7 Å². The molecule has 0 saturated heterocycles. The third-order valence-corrected chi connectivity index (χ3v) is 16.2. The quantitative estimate of drug-likeness (QED) is 0.0222. The van der Waals surface area contributed by atoms with E-state index in [9.17, 15) is 43.2 Å². The second-order valence-electron chi connectivity index (χ2n) is 24.7. The van der Waals surface area contributed by atoms with Crippen LogP contribution in [0.4, 0.5) is 0 Å². The molecule has 0 aromatic carbocycles. The number of carbonyl (C=O) groups excluding carboxylic acids is 4. The minimum absolute atomic E-state index is 0.102. The smallest absolute Gasteiger partial charge is 0.462 e. The van der Waals surface area contributed by atoms with Crippen molar-refractivity contribution in [2.75, 3.05) is 39.6 Å². The maximum Gasteiger partial charge on any atom is 0.472 e. The Bertz CT molecular complexity index is 1640. The zero-order valence-electron chi connectivity index (χ0n) is 53.1. The maximum atomic E-state index is 13.0. The van der Waals surface area contributed by atoms with E-state index in [2.05, 4.69) is 55.4 Å². The fourth-order valence-corrected chi connectivity index (χ4v) is 10.8. The highest BCUT2D eigenvalue weighted by molar-refractivity contribution is 7.47. The van der Waals surface area contributed by atoms with E-state index in [1.165, 1.54) is 96.3 Å². The zero-order chi connectivity index (χ0) is 61.1. The summed E-state index contributed by atoms with van der Waals surface area (Å²) in [5, 5.41) is 10.5. The second-order valence-corrected chi connectivity index (χ2v) is 27.6. The molecule has 17 nitrogen and oxygen atoms in total. The Labute approximate surface area is 498 Å². The summed E-state index contributed by atoms with van der Waals surface area (Å²) in [5.74, 6) is 0.701. The van der Waals surface area contributed by atoms with Crippen molar-refractivity contribution in [2.24, 2.45) is 23.7 Å². The number of unbranched alkanes of at least 4 members (excludes halogenated alkanes) is 26. The molecule has 3 unspecified atom stereocenters. The number of aliphatic hydroxyl groups is 1. The van der Waals surface area contributed by atoms with Crippen molar-refractivity contribution >= 4 is 39.5 Å². The Hall–Kier alpha value is -1.94. The molecule has 0 heterocycles. The number of rotatable bonds is 60. The Morgan fingerprint density at radius 2 is 0.512 bits per heavy atom. The molecule has 0 bridgehead atoms. The van der Waals surface area contributed by atoms with Crippen LogP contribution in [0.3, 0.4) is 0 Å². The first-order chi connectivity index (χ1) is 39.1. The van der Waals surface area contributed by atoms with Gasteiger partial charge >= 0.3 is 39.5 Å². The monoisotopic (exact) mass is 1210 g/mol. The van der Waals surface area contributed by atoms with Crippen LogP contribution < -0.4 is 0 Å². The van der Waals surface area contributed by atoms with Crippen LogP contribution in [0.2, 0.25) is 0 Å². The number of carbonyl (C=O) groups is 4. The number of esters is 4. The van der Waals surface area contributed by atoms with Gasteiger partial charge in [-0.05, 0) is 49.4 Å². The zero-order valence-corrected chi connectivity index (χ0v) is 54.9. The van der Waals surface area contributed by atoms with E-state index in [-0.39, 0.29) is 25.7 Å². The molecule has 0 radical (unpaired) electrons.